The molecule has 5 atom stereocenters. The molecule has 0 aromatic heterocycles. The van der Waals surface area contributed by atoms with Gasteiger partial charge in [-0.2, -0.15) is 0 Å². The predicted molar refractivity (Wildman–Crippen MR) is 67.7 cm³/mol. The molecule has 1 heteroatoms. The molecule has 0 aromatic carbocycles. The highest BCUT2D eigenvalue weighted by Crippen LogP contribution is 2.36. The van der Waals surface area contributed by atoms with E-state index >= 15 is 0 Å². The lowest BCUT2D eigenvalue weighted by atomic mass is 9.75. The zero-order chi connectivity index (χ0) is 11.6. The van der Waals surface area contributed by atoms with Crippen molar-refractivity contribution in [1.29, 1.82) is 0 Å². The van der Waals surface area contributed by atoms with Crippen LogP contribution >= 0.6 is 0 Å². The Morgan fingerprint density at radius 3 is 2.13 bits per heavy atom. The smallest absolute Gasteiger partial charge is 0.0128 e. The molecule has 1 aliphatic rings. The van der Waals surface area contributed by atoms with E-state index in [2.05, 4.69) is 34.6 Å². The molecule has 1 saturated carbocycles. The summed E-state index contributed by atoms with van der Waals surface area (Å²) in [6.45, 7) is 11.9. The summed E-state index contributed by atoms with van der Waals surface area (Å²) in [5.74, 6) is 3.27. The second-order valence-electron chi connectivity index (χ2n) is 6.42. The molecule has 1 fully saturated rings. The minimum atomic E-state index is 0.0669. The van der Waals surface area contributed by atoms with E-state index in [4.69, 9.17) is 5.73 Å². The van der Waals surface area contributed by atoms with Gasteiger partial charge in [-0.25, -0.2) is 0 Å². The summed E-state index contributed by atoms with van der Waals surface area (Å²) in [4.78, 5) is 0. The van der Waals surface area contributed by atoms with Crippen LogP contribution in [0.4, 0.5) is 0 Å². The Morgan fingerprint density at radius 2 is 1.53 bits per heavy atom. The molecule has 0 saturated heterocycles. The van der Waals surface area contributed by atoms with E-state index in [1.165, 1.54) is 25.7 Å². The Balaban J connectivity index is 2.75. The van der Waals surface area contributed by atoms with E-state index < -0.39 is 0 Å². The molecule has 1 nitrogen and oxygen atoms in total. The van der Waals surface area contributed by atoms with Gasteiger partial charge in [-0.05, 0) is 43.4 Å². The van der Waals surface area contributed by atoms with Crippen molar-refractivity contribution in [2.75, 3.05) is 0 Å². The summed E-state index contributed by atoms with van der Waals surface area (Å²) in [5.41, 5.74) is 6.43. The second-order valence-corrected chi connectivity index (χ2v) is 6.42. The molecule has 0 aliphatic heterocycles. The Kier molecular flexibility index (Phi) is 4.22. The first-order chi connectivity index (χ1) is 6.83. The average Bonchev–Trinajstić information content (AvgIpc) is 2.15. The highest BCUT2D eigenvalue weighted by atomic mass is 14.7. The highest BCUT2D eigenvalue weighted by Gasteiger charge is 2.30. The molecule has 0 aromatic rings. The van der Waals surface area contributed by atoms with Gasteiger partial charge in [0.05, 0.1) is 0 Å². The molecule has 1 aliphatic carbocycles. The van der Waals surface area contributed by atoms with Crippen molar-refractivity contribution in [3.63, 3.8) is 0 Å². The molecule has 0 amide bonds. The number of hydrogen-bond acceptors (Lipinski definition) is 1. The van der Waals surface area contributed by atoms with Crippen molar-refractivity contribution < 1.29 is 0 Å². The number of nitrogens with two attached hydrogens (primary N) is 1. The third kappa shape index (κ3) is 3.48. The summed E-state index contributed by atoms with van der Waals surface area (Å²) >= 11 is 0. The summed E-state index contributed by atoms with van der Waals surface area (Å²) in [5, 5.41) is 0. The largest absolute Gasteiger partial charge is 0.325 e. The van der Waals surface area contributed by atoms with Crippen LogP contribution < -0.4 is 5.73 Å². The van der Waals surface area contributed by atoms with Crippen molar-refractivity contribution in [1.82, 2.24) is 0 Å². The topological polar surface area (TPSA) is 26.0 Å². The van der Waals surface area contributed by atoms with Crippen LogP contribution in [0.3, 0.4) is 0 Å². The Labute approximate surface area is 95.8 Å². The highest BCUT2D eigenvalue weighted by molar-refractivity contribution is 4.86. The van der Waals surface area contributed by atoms with Crippen molar-refractivity contribution >= 4 is 0 Å². The molecule has 2 N–H and O–H groups in total. The maximum Gasteiger partial charge on any atom is 0.0128 e. The third-order valence-electron chi connectivity index (χ3n) is 4.82. The summed E-state index contributed by atoms with van der Waals surface area (Å²) < 4.78 is 0. The van der Waals surface area contributed by atoms with E-state index in [9.17, 15) is 0 Å². The van der Waals surface area contributed by atoms with Crippen molar-refractivity contribution in [3.8, 4) is 0 Å². The van der Waals surface area contributed by atoms with Gasteiger partial charge in [-0.3, -0.25) is 0 Å². The van der Waals surface area contributed by atoms with E-state index in [1.807, 2.05) is 0 Å². The minimum absolute atomic E-state index is 0.0669. The van der Waals surface area contributed by atoms with Gasteiger partial charge in [0, 0.05) is 5.54 Å². The first-order valence-electron chi connectivity index (χ1n) is 6.62. The van der Waals surface area contributed by atoms with Crippen molar-refractivity contribution in [2.45, 2.75) is 65.8 Å². The van der Waals surface area contributed by atoms with Crippen LogP contribution in [0.2, 0.25) is 0 Å². The maximum atomic E-state index is 6.36. The third-order valence-corrected chi connectivity index (χ3v) is 4.82. The standard InChI is InChI=1S/C14H29N/c1-10-7-6-8-14(5,15)9-11(2)13(4)12(10)3/h10-13H,6-9,15H2,1-5H3/t10?,11?,12?,13?,14-/m0/s1. The number of rotatable bonds is 0. The molecule has 1 rings (SSSR count). The fourth-order valence-electron chi connectivity index (χ4n) is 3.15. The normalized spacial score (nSPS) is 49.2. The lowest BCUT2D eigenvalue weighted by Crippen LogP contribution is -2.38. The summed E-state index contributed by atoms with van der Waals surface area (Å²) in [6, 6.07) is 0. The van der Waals surface area contributed by atoms with E-state index in [0.717, 1.165) is 23.7 Å². The Bertz CT molecular complexity index is 198. The summed E-state index contributed by atoms with van der Waals surface area (Å²) in [7, 11) is 0. The molecular formula is C14H29N. The van der Waals surface area contributed by atoms with E-state index in [0.29, 0.717) is 0 Å². The van der Waals surface area contributed by atoms with Gasteiger partial charge in [0.2, 0.25) is 0 Å². The fraction of sp³-hybridized carbons (Fsp3) is 1.00. The molecule has 0 heterocycles. The zero-order valence-electron chi connectivity index (χ0n) is 11.2. The van der Waals surface area contributed by atoms with Crippen LogP contribution in [0.25, 0.3) is 0 Å². The van der Waals surface area contributed by atoms with Crippen LogP contribution in [0.1, 0.15) is 60.3 Å². The van der Waals surface area contributed by atoms with Gasteiger partial charge in [0.1, 0.15) is 0 Å². The molecule has 0 spiro atoms. The van der Waals surface area contributed by atoms with Gasteiger partial charge in [-0.15, -0.1) is 0 Å². The van der Waals surface area contributed by atoms with Crippen molar-refractivity contribution in [3.05, 3.63) is 0 Å². The van der Waals surface area contributed by atoms with E-state index in [-0.39, 0.29) is 5.54 Å². The van der Waals surface area contributed by atoms with Crippen LogP contribution in [0.15, 0.2) is 0 Å². The monoisotopic (exact) mass is 211 g/mol. The van der Waals surface area contributed by atoms with Crippen LogP contribution in [0, 0.1) is 23.7 Å². The van der Waals surface area contributed by atoms with Gasteiger partial charge in [0.15, 0.2) is 0 Å². The quantitative estimate of drug-likeness (QED) is 0.647. The first-order valence-corrected chi connectivity index (χ1v) is 6.62. The lowest BCUT2D eigenvalue weighted by molar-refractivity contribution is 0.191. The first kappa shape index (κ1) is 13.0. The molecular weight excluding hydrogens is 182 g/mol. The maximum absolute atomic E-state index is 6.36. The Hall–Kier alpha value is -0.0400. The lowest BCUT2D eigenvalue weighted by Gasteiger charge is -2.32. The minimum Gasteiger partial charge on any atom is -0.325 e. The fourth-order valence-corrected chi connectivity index (χ4v) is 3.15. The van der Waals surface area contributed by atoms with Crippen LogP contribution in [-0.2, 0) is 0 Å². The average molecular weight is 211 g/mol. The molecule has 0 radical (unpaired) electrons. The van der Waals surface area contributed by atoms with Crippen LogP contribution in [0.5, 0.6) is 0 Å². The Morgan fingerprint density at radius 1 is 1.00 bits per heavy atom. The second kappa shape index (κ2) is 4.86. The molecule has 90 valence electrons. The van der Waals surface area contributed by atoms with Gasteiger partial charge >= 0.3 is 0 Å². The SMILES string of the molecule is CC1CCC[C@](C)(N)CC(C)C(C)C1C. The zero-order valence-corrected chi connectivity index (χ0v) is 11.2. The van der Waals surface area contributed by atoms with Crippen molar-refractivity contribution in [2.24, 2.45) is 29.4 Å². The van der Waals surface area contributed by atoms with Gasteiger partial charge < -0.3 is 5.73 Å². The molecule has 0 bridgehead atoms. The van der Waals surface area contributed by atoms with E-state index in [1.54, 1.807) is 0 Å². The van der Waals surface area contributed by atoms with Gasteiger partial charge in [-0.1, -0.05) is 40.5 Å². The predicted octanol–water partition coefficient (Wildman–Crippen LogP) is 3.82. The molecule has 15 heavy (non-hydrogen) atoms. The summed E-state index contributed by atoms with van der Waals surface area (Å²) in [6.07, 6.45) is 5.04. The van der Waals surface area contributed by atoms with Crippen LogP contribution in [-0.4, -0.2) is 5.54 Å². The van der Waals surface area contributed by atoms with Gasteiger partial charge in [0.25, 0.3) is 0 Å². The number of hydrogen-bond donors (Lipinski definition) is 1. The molecule has 4 unspecified atom stereocenters.